The van der Waals surface area contributed by atoms with E-state index in [4.69, 9.17) is 10.8 Å². The topological polar surface area (TPSA) is 66.6 Å². The van der Waals surface area contributed by atoms with Gasteiger partial charge in [-0.05, 0) is 23.3 Å². The smallest absolute Gasteiger partial charge is 0.335 e. The molecule has 0 spiro atoms. The van der Waals surface area contributed by atoms with Gasteiger partial charge in [-0.15, -0.1) is 0 Å². The van der Waals surface area contributed by atoms with Crippen LogP contribution in [0.3, 0.4) is 0 Å². The second kappa shape index (κ2) is 4.00. The van der Waals surface area contributed by atoms with Crippen LogP contribution < -0.4 is 5.73 Å². The molecule has 15 heavy (non-hydrogen) atoms. The van der Waals surface area contributed by atoms with Crippen molar-refractivity contribution in [2.75, 3.05) is 13.1 Å². The van der Waals surface area contributed by atoms with Crippen molar-refractivity contribution in [1.82, 2.24) is 4.90 Å². The summed E-state index contributed by atoms with van der Waals surface area (Å²) in [4.78, 5) is 13.0. The summed E-state index contributed by atoms with van der Waals surface area (Å²) in [6.07, 6.45) is 0. The molecule has 0 saturated heterocycles. The Balaban J connectivity index is 2.20. The van der Waals surface area contributed by atoms with Crippen LogP contribution in [0.1, 0.15) is 21.5 Å². The summed E-state index contributed by atoms with van der Waals surface area (Å²) in [6.45, 7) is 3.19. The Labute approximate surface area is 88.3 Å². The number of rotatable bonds is 3. The third-order valence-corrected chi connectivity index (χ3v) is 2.69. The Bertz CT molecular complexity index is 390. The maximum Gasteiger partial charge on any atom is 0.335 e. The first-order valence-electron chi connectivity index (χ1n) is 4.98. The van der Waals surface area contributed by atoms with Crippen LogP contribution in [0, 0.1) is 0 Å². The van der Waals surface area contributed by atoms with Crippen LogP contribution in [0.15, 0.2) is 18.2 Å². The van der Waals surface area contributed by atoms with Crippen LogP contribution in [-0.4, -0.2) is 29.1 Å². The Hall–Kier alpha value is -1.39. The molecule has 0 unspecified atom stereocenters. The number of hydrogen-bond donors (Lipinski definition) is 2. The summed E-state index contributed by atoms with van der Waals surface area (Å²) in [7, 11) is 0. The zero-order valence-corrected chi connectivity index (χ0v) is 8.44. The quantitative estimate of drug-likeness (QED) is 0.762. The number of nitrogens with zero attached hydrogens (tertiary/aromatic N) is 1. The van der Waals surface area contributed by atoms with Gasteiger partial charge in [-0.1, -0.05) is 6.07 Å². The minimum atomic E-state index is -0.866. The van der Waals surface area contributed by atoms with Gasteiger partial charge < -0.3 is 10.8 Å². The number of aromatic carboxylic acids is 1. The molecule has 3 N–H and O–H groups in total. The molecule has 0 saturated carbocycles. The summed E-state index contributed by atoms with van der Waals surface area (Å²) in [5.74, 6) is -0.866. The Morgan fingerprint density at radius 1 is 1.40 bits per heavy atom. The van der Waals surface area contributed by atoms with E-state index in [0.29, 0.717) is 12.1 Å². The van der Waals surface area contributed by atoms with Crippen LogP contribution in [0.2, 0.25) is 0 Å². The Morgan fingerprint density at radius 3 is 2.80 bits per heavy atom. The van der Waals surface area contributed by atoms with Crippen molar-refractivity contribution in [2.24, 2.45) is 5.73 Å². The van der Waals surface area contributed by atoms with Crippen LogP contribution in [0.25, 0.3) is 0 Å². The van der Waals surface area contributed by atoms with E-state index in [1.165, 1.54) is 5.56 Å². The highest BCUT2D eigenvalue weighted by atomic mass is 16.4. The van der Waals surface area contributed by atoms with Crippen LogP contribution >= 0.6 is 0 Å². The second-order valence-corrected chi connectivity index (χ2v) is 3.79. The summed E-state index contributed by atoms with van der Waals surface area (Å²) in [5.41, 5.74) is 8.18. The fourth-order valence-corrected chi connectivity index (χ4v) is 1.94. The molecule has 4 nitrogen and oxygen atoms in total. The second-order valence-electron chi connectivity index (χ2n) is 3.79. The standard InChI is InChI=1S/C11H14N2O2/c12-3-4-13-6-9-2-1-8(11(14)15)5-10(9)7-13/h1-2,5H,3-4,6-7,12H2,(H,14,15). The van der Waals surface area contributed by atoms with Gasteiger partial charge in [0.15, 0.2) is 0 Å². The van der Waals surface area contributed by atoms with Crippen molar-refractivity contribution in [3.05, 3.63) is 34.9 Å². The van der Waals surface area contributed by atoms with Gasteiger partial charge in [0.2, 0.25) is 0 Å². The molecule has 1 aromatic carbocycles. The fraction of sp³-hybridized carbons (Fsp3) is 0.364. The minimum Gasteiger partial charge on any atom is -0.478 e. The van der Waals surface area contributed by atoms with E-state index in [9.17, 15) is 4.79 Å². The van der Waals surface area contributed by atoms with E-state index >= 15 is 0 Å². The molecule has 4 heteroatoms. The molecule has 0 fully saturated rings. The highest BCUT2D eigenvalue weighted by Crippen LogP contribution is 2.23. The third-order valence-electron chi connectivity index (χ3n) is 2.69. The lowest BCUT2D eigenvalue weighted by Crippen LogP contribution is -2.24. The average molecular weight is 206 g/mol. The number of carbonyl (C=O) groups is 1. The van der Waals surface area contributed by atoms with E-state index in [2.05, 4.69) is 4.90 Å². The predicted molar refractivity (Wildman–Crippen MR) is 56.6 cm³/mol. The summed E-state index contributed by atoms with van der Waals surface area (Å²) in [6, 6.07) is 5.32. The number of hydrogen-bond acceptors (Lipinski definition) is 3. The van der Waals surface area contributed by atoms with Gasteiger partial charge in [0.05, 0.1) is 5.56 Å². The molecule has 1 heterocycles. The largest absolute Gasteiger partial charge is 0.478 e. The predicted octanol–water partition coefficient (Wildman–Crippen LogP) is 0.659. The summed E-state index contributed by atoms with van der Waals surface area (Å²) >= 11 is 0. The van der Waals surface area contributed by atoms with Gasteiger partial charge >= 0.3 is 5.97 Å². The van der Waals surface area contributed by atoms with Gasteiger partial charge in [-0.2, -0.15) is 0 Å². The molecular weight excluding hydrogens is 192 g/mol. The molecule has 0 aliphatic carbocycles. The minimum absolute atomic E-state index is 0.364. The molecule has 0 amide bonds. The monoisotopic (exact) mass is 206 g/mol. The molecule has 1 aliphatic heterocycles. The normalized spacial score (nSPS) is 15.3. The highest BCUT2D eigenvalue weighted by Gasteiger charge is 2.19. The van der Waals surface area contributed by atoms with E-state index in [1.54, 1.807) is 12.1 Å². The highest BCUT2D eigenvalue weighted by molar-refractivity contribution is 5.87. The van der Waals surface area contributed by atoms with Gasteiger partial charge in [-0.25, -0.2) is 4.79 Å². The van der Waals surface area contributed by atoms with Crippen molar-refractivity contribution < 1.29 is 9.90 Å². The first-order valence-corrected chi connectivity index (χ1v) is 4.98. The van der Waals surface area contributed by atoms with Crippen LogP contribution in [0.5, 0.6) is 0 Å². The number of benzene rings is 1. The summed E-state index contributed by atoms with van der Waals surface area (Å²) < 4.78 is 0. The molecule has 0 atom stereocenters. The van der Waals surface area contributed by atoms with E-state index in [0.717, 1.165) is 25.2 Å². The number of carboxylic acid groups (broad SMARTS) is 1. The van der Waals surface area contributed by atoms with Gasteiger partial charge in [-0.3, -0.25) is 4.90 Å². The van der Waals surface area contributed by atoms with E-state index in [-0.39, 0.29) is 0 Å². The summed E-state index contributed by atoms with van der Waals surface area (Å²) in [5, 5.41) is 8.85. The molecule has 0 radical (unpaired) electrons. The zero-order valence-electron chi connectivity index (χ0n) is 8.44. The van der Waals surface area contributed by atoms with Crippen molar-refractivity contribution >= 4 is 5.97 Å². The molecule has 0 bridgehead atoms. The molecular formula is C11H14N2O2. The third kappa shape index (κ3) is 2.00. The lowest BCUT2D eigenvalue weighted by Gasteiger charge is -2.11. The van der Waals surface area contributed by atoms with Crippen molar-refractivity contribution in [3.8, 4) is 0 Å². The number of fused-ring (bicyclic) bond motifs is 1. The number of nitrogens with two attached hydrogens (primary N) is 1. The SMILES string of the molecule is NCCN1Cc2ccc(C(=O)O)cc2C1. The molecule has 1 aromatic rings. The lowest BCUT2D eigenvalue weighted by atomic mass is 10.1. The Kier molecular flexibility index (Phi) is 2.70. The molecule has 2 rings (SSSR count). The van der Waals surface area contributed by atoms with Crippen molar-refractivity contribution in [1.29, 1.82) is 0 Å². The van der Waals surface area contributed by atoms with Gasteiger partial charge in [0, 0.05) is 26.2 Å². The maximum atomic E-state index is 10.8. The molecule has 0 aromatic heterocycles. The van der Waals surface area contributed by atoms with E-state index in [1.807, 2.05) is 6.07 Å². The van der Waals surface area contributed by atoms with Gasteiger partial charge in [0.1, 0.15) is 0 Å². The number of carboxylic acids is 1. The first-order chi connectivity index (χ1) is 7.20. The average Bonchev–Trinajstić information content (AvgIpc) is 2.59. The molecule has 1 aliphatic rings. The van der Waals surface area contributed by atoms with Crippen molar-refractivity contribution in [3.63, 3.8) is 0 Å². The van der Waals surface area contributed by atoms with Gasteiger partial charge in [0.25, 0.3) is 0 Å². The maximum absolute atomic E-state index is 10.8. The van der Waals surface area contributed by atoms with Crippen LogP contribution in [-0.2, 0) is 13.1 Å². The Morgan fingerprint density at radius 2 is 2.13 bits per heavy atom. The lowest BCUT2D eigenvalue weighted by molar-refractivity contribution is 0.0697. The van der Waals surface area contributed by atoms with Crippen molar-refractivity contribution in [2.45, 2.75) is 13.1 Å². The zero-order chi connectivity index (χ0) is 10.8. The molecule has 80 valence electrons. The van der Waals surface area contributed by atoms with E-state index < -0.39 is 5.97 Å². The van der Waals surface area contributed by atoms with Crippen LogP contribution in [0.4, 0.5) is 0 Å². The fourth-order valence-electron chi connectivity index (χ4n) is 1.94. The first kappa shape index (κ1) is 10.1.